The van der Waals surface area contributed by atoms with Crippen molar-refractivity contribution in [2.24, 2.45) is 0 Å². The van der Waals surface area contributed by atoms with Crippen molar-refractivity contribution in [3.63, 3.8) is 0 Å². The molecule has 4 rings (SSSR count). The molecular weight excluding hydrogens is 376 g/mol. The van der Waals surface area contributed by atoms with Crippen LogP contribution in [0.1, 0.15) is 61.6 Å². The smallest absolute Gasteiger partial charge is 0.260 e. The summed E-state index contributed by atoms with van der Waals surface area (Å²) < 4.78 is 12.2. The third kappa shape index (κ3) is 4.38. The molecule has 0 aromatic heterocycles. The molecule has 2 aliphatic heterocycles. The summed E-state index contributed by atoms with van der Waals surface area (Å²) in [5.41, 5.74) is 3.74. The molecule has 0 N–H and O–H groups in total. The van der Waals surface area contributed by atoms with Crippen LogP contribution in [0.25, 0.3) is 0 Å². The van der Waals surface area contributed by atoms with Crippen LogP contribution in [-0.2, 0) is 9.53 Å². The lowest BCUT2D eigenvalue weighted by Gasteiger charge is -2.48. The van der Waals surface area contributed by atoms with Crippen molar-refractivity contribution in [2.45, 2.75) is 83.4 Å². The summed E-state index contributed by atoms with van der Waals surface area (Å²) in [6, 6.07) is 4.71. The predicted molar refractivity (Wildman–Crippen MR) is 119 cm³/mol. The Bertz CT molecular complexity index is 743. The van der Waals surface area contributed by atoms with Crippen LogP contribution in [0.15, 0.2) is 12.1 Å². The summed E-state index contributed by atoms with van der Waals surface area (Å²) in [5.74, 6) is 0.860. The number of amides is 1. The van der Waals surface area contributed by atoms with Crippen molar-refractivity contribution < 1.29 is 14.3 Å². The van der Waals surface area contributed by atoms with Gasteiger partial charge in [-0.15, -0.1) is 0 Å². The van der Waals surface area contributed by atoms with Gasteiger partial charge in [0.1, 0.15) is 5.75 Å². The number of hydrogen-bond donors (Lipinski definition) is 0. The van der Waals surface area contributed by atoms with Gasteiger partial charge < -0.3 is 14.4 Å². The zero-order valence-corrected chi connectivity index (χ0v) is 19.2. The molecule has 1 spiro atoms. The van der Waals surface area contributed by atoms with Crippen molar-refractivity contribution in [3.05, 3.63) is 28.8 Å². The lowest BCUT2D eigenvalue weighted by Crippen LogP contribution is -2.58. The lowest BCUT2D eigenvalue weighted by molar-refractivity contribution is -0.139. The predicted octanol–water partition coefficient (Wildman–Crippen LogP) is 4.02. The fourth-order valence-corrected chi connectivity index (χ4v) is 5.74. The summed E-state index contributed by atoms with van der Waals surface area (Å²) >= 11 is 0. The summed E-state index contributed by atoms with van der Waals surface area (Å²) in [6.45, 7) is 9.60. The second kappa shape index (κ2) is 8.88. The lowest BCUT2D eigenvalue weighted by atomic mass is 9.76. The van der Waals surface area contributed by atoms with Crippen LogP contribution in [0.4, 0.5) is 0 Å². The Labute approximate surface area is 181 Å². The summed E-state index contributed by atoms with van der Waals surface area (Å²) in [4.78, 5) is 17.7. The van der Waals surface area contributed by atoms with Gasteiger partial charge in [-0.1, -0.05) is 0 Å². The van der Waals surface area contributed by atoms with E-state index in [1.807, 2.05) is 24.1 Å². The molecule has 0 radical (unpaired) electrons. The number of nitrogens with zero attached hydrogens (tertiary/aromatic N) is 2. The molecule has 0 bridgehead atoms. The van der Waals surface area contributed by atoms with E-state index in [4.69, 9.17) is 9.47 Å². The van der Waals surface area contributed by atoms with E-state index < -0.39 is 0 Å². The van der Waals surface area contributed by atoms with Crippen molar-refractivity contribution in [3.8, 4) is 5.75 Å². The summed E-state index contributed by atoms with van der Waals surface area (Å²) in [6.07, 6.45) is 8.04. The standard InChI is InChI=1S/C25H38N2O3/c1-18-14-21(15-19(2)20(18)3)29-17-24(28)26(4)22-8-10-25(9-7-13-30-25)16-23(22)27-11-5-6-12-27/h14-15,22-23H,5-13,16-17H2,1-4H3. The molecule has 2 saturated heterocycles. The minimum absolute atomic E-state index is 0.0566. The van der Waals surface area contributed by atoms with E-state index in [9.17, 15) is 4.79 Å². The maximum atomic E-state index is 13.1. The Morgan fingerprint density at radius 1 is 1.17 bits per heavy atom. The van der Waals surface area contributed by atoms with Gasteiger partial charge in [0, 0.05) is 25.7 Å². The fraction of sp³-hybridized carbons (Fsp3) is 0.720. The van der Waals surface area contributed by atoms with E-state index in [0.717, 1.165) is 44.7 Å². The average Bonchev–Trinajstić information content (AvgIpc) is 3.42. The van der Waals surface area contributed by atoms with Crippen LogP contribution in [0, 0.1) is 20.8 Å². The van der Waals surface area contributed by atoms with Gasteiger partial charge in [-0.05, 0) is 108 Å². The van der Waals surface area contributed by atoms with Crippen LogP contribution in [0.2, 0.25) is 0 Å². The average molecular weight is 415 g/mol. The number of likely N-dealkylation sites (tertiary alicyclic amines) is 1. The molecule has 30 heavy (non-hydrogen) atoms. The minimum atomic E-state index is 0.0566. The number of carbonyl (C=O) groups is 1. The second-order valence-electron chi connectivity index (χ2n) is 9.73. The molecule has 1 aliphatic carbocycles. The zero-order valence-electron chi connectivity index (χ0n) is 19.2. The molecule has 5 heteroatoms. The third-order valence-corrected chi connectivity index (χ3v) is 7.87. The van der Waals surface area contributed by atoms with Crippen molar-refractivity contribution in [2.75, 3.05) is 33.4 Å². The number of hydrogen-bond acceptors (Lipinski definition) is 4. The molecule has 1 aromatic rings. The number of aryl methyl sites for hydroxylation is 2. The van der Waals surface area contributed by atoms with Crippen LogP contribution >= 0.6 is 0 Å². The van der Waals surface area contributed by atoms with E-state index in [1.54, 1.807) is 0 Å². The third-order valence-electron chi connectivity index (χ3n) is 7.87. The van der Waals surface area contributed by atoms with Gasteiger partial charge in [0.05, 0.1) is 5.60 Å². The zero-order chi connectivity index (χ0) is 21.3. The van der Waals surface area contributed by atoms with E-state index in [2.05, 4.69) is 25.7 Å². The monoisotopic (exact) mass is 414 g/mol. The molecule has 5 nitrogen and oxygen atoms in total. The van der Waals surface area contributed by atoms with Gasteiger partial charge in [-0.2, -0.15) is 0 Å². The molecule has 3 aliphatic rings. The molecule has 3 atom stereocenters. The number of likely N-dealkylation sites (N-methyl/N-ethyl adjacent to an activating group) is 1. The first-order valence-corrected chi connectivity index (χ1v) is 11.7. The molecule has 1 amide bonds. The van der Waals surface area contributed by atoms with Gasteiger partial charge in [0.25, 0.3) is 5.91 Å². The molecule has 2 heterocycles. The van der Waals surface area contributed by atoms with Crippen molar-refractivity contribution >= 4 is 5.91 Å². The van der Waals surface area contributed by atoms with E-state index in [0.29, 0.717) is 6.04 Å². The number of rotatable bonds is 5. The summed E-state index contributed by atoms with van der Waals surface area (Å²) in [7, 11) is 1.97. The molecule has 166 valence electrons. The maximum Gasteiger partial charge on any atom is 0.260 e. The molecule has 3 unspecified atom stereocenters. The normalized spacial score (nSPS) is 29.5. The SMILES string of the molecule is Cc1cc(OCC(=O)N(C)C2CCC3(CCCO3)CC2N2CCCC2)cc(C)c1C. The van der Waals surface area contributed by atoms with Gasteiger partial charge in [0.2, 0.25) is 0 Å². The summed E-state index contributed by atoms with van der Waals surface area (Å²) in [5, 5.41) is 0. The fourth-order valence-electron chi connectivity index (χ4n) is 5.74. The van der Waals surface area contributed by atoms with Gasteiger partial charge in [0.15, 0.2) is 6.61 Å². The van der Waals surface area contributed by atoms with Gasteiger partial charge >= 0.3 is 0 Å². The Morgan fingerprint density at radius 2 is 1.87 bits per heavy atom. The maximum absolute atomic E-state index is 13.1. The van der Waals surface area contributed by atoms with Crippen molar-refractivity contribution in [1.29, 1.82) is 0 Å². The first-order valence-electron chi connectivity index (χ1n) is 11.7. The Hall–Kier alpha value is -1.59. The quantitative estimate of drug-likeness (QED) is 0.730. The van der Waals surface area contributed by atoms with Crippen LogP contribution in [-0.4, -0.2) is 66.7 Å². The van der Waals surface area contributed by atoms with E-state index in [1.165, 1.54) is 42.4 Å². The Kier molecular flexibility index (Phi) is 6.40. The van der Waals surface area contributed by atoms with Gasteiger partial charge in [-0.3, -0.25) is 9.69 Å². The molecule has 1 aromatic carbocycles. The van der Waals surface area contributed by atoms with Crippen LogP contribution < -0.4 is 4.74 Å². The highest BCUT2D eigenvalue weighted by molar-refractivity contribution is 5.78. The highest BCUT2D eigenvalue weighted by atomic mass is 16.5. The Morgan fingerprint density at radius 3 is 2.50 bits per heavy atom. The van der Waals surface area contributed by atoms with E-state index >= 15 is 0 Å². The van der Waals surface area contributed by atoms with Crippen LogP contribution in [0.3, 0.4) is 0 Å². The largest absolute Gasteiger partial charge is 0.484 e. The highest BCUT2D eigenvalue weighted by Crippen LogP contribution is 2.42. The molecule has 1 saturated carbocycles. The van der Waals surface area contributed by atoms with E-state index in [-0.39, 0.29) is 24.2 Å². The topological polar surface area (TPSA) is 42.0 Å². The first kappa shape index (κ1) is 21.6. The van der Waals surface area contributed by atoms with Crippen molar-refractivity contribution in [1.82, 2.24) is 9.80 Å². The minimum Gasteiger partial charge on any atom is -0.484 e. The molecule has 3 fully saturated rings. The van der Waals surface area contributed by atoms with Gasteiger partial charge in [-0.25, -0.2) is 0 Å². The second-order valence-corrected chi connectivity index (χ2v) is 9.73. The molecular formula is C25H38N2O3. The first-order chi connectivity index (χ1) is 14.4. The highest BCUT2D eigenvalue weighted by Gasteiger charge is 2.47. The number of carbonyl (C=O) groups excluding carboxylic acids is 1. The van der Waals surface area contributed by atoms with Crippen LogP contribution in [0.5, 0.6) is 5.75 Å². The Balaban J connectivity index is 1.42. The number of ether oxygens (including phenoxy) is 2. The number of benzene rings is 1.